The van der Waals surface area contributed by atoms with Gasteiger partial charge in [-0.2, -0.15) is 0 Å². The molecule has 2 rings (SSSR count). The van der Waals surface area contributed by atoms with Crippen molar-refractivity contribution in [3.05, 3.63) is 12.4 Å². The van der Waals surface area contributed by atoms with Crippen LogP contribution in [0.5, 0.6) is 11.8 Å². The van der Waals surface area contributed by atoms with Crippen molar-refractivity contribution in [1.82, 2.24) is 15.3 Å². The first kappa shape index (κ1) is 14.0. The first-order valence-electron chi connectivity index (χ1n) is 6.61. The molecule has 2 atom stereocenters. The van der Waals surface area contributed by atoms with Crippen LogP contribution in [0, 0.1) is 0 Å². The number of aromatic nitrogens is 2. The van der Waals surface area contributed by atoms with Crippen LogP contribution in [0.25, 0.3) is 0 Å². The Morgan fingerprint density at radius 2 is 2.16 bits per heavy atom. The molecule has 0 saturated carbocycles. The number of nitrogens with one attached hydrogen (secondary N) is 1. The van der Waals surface area contributed by atoms with Crippen LogP contribution in [-0.4, -0.2) is 48.0 Å². The van der Waals surface area contributed by atoms with Crippen molar-refractivity contribution in [3.63, 3.8) is 0 Å². The van der Waals surface area contributed by atoms with E-state index in [-0.39, 0.29) is 18.3 Å². The highest BCUT2D eigenvalue weighted by Gasteiger charge is 2.19. The SMILES string of the molecule is CC(C)Oc1cc(OCC2CNCC(C)O2)ncn1. The summed E-state index contributed by atoms with van der Waals surface area (Å²) in [4.78, 5) is 8.09. The van der Waals surface area contributed by atoms with Crippen LogP contribution in [-0.2, 0) is 4.74 Å². The third-order valence-corrected chi connectivity index (χ3v) is 2.62. The van der Waals surface area contributed by atoms with E-state index in [1.165, 1.54) is 6.33 Å². The molecule has 2 unspecified atom stereocenters. The third-order valence-electron chi connectivity index (χ3n) is 2.62. The molecule has 106 valence electrons. The van der Waals surface area contributed by atoms with Crippen molar-refractivity contribution >= 4 is 0 Å². The Hall–Kier alpha value is -1.40. The van der Waals surface area contributed by atoms with Crippen LogP contribution in [0.2, 0.25) is 0 Å². The molecule has 19 heavy (non-hydrogen) atoms. The lowest BCUT2D eigenvalue weighted by Gasteiger charge is -2.28. The zero-order valence-electron chi connectivity index (χ0n) is 11.6. The van der Waals surface area contributed by atoms with Gasteiger partial charge in [-0.3, -0.25) is 0 Å². The maximum Gasteiger partial charge on any atom is 0.220 e. The van der Waals surface area contributed by atoms with E-state index in [0.717, 1.165) is 13.1 Å². The molecule has 1 fully saturated rings. The molecule has 0 radical (unpaired) electrons. The molecule has 6 nitrogen and oxygen atoms in total. The Balaban J connectivity index is 1.85. The lowest BCUT2D eigenvalue weighted by atomic mass is 10.2. The van der Waals surface area contributed by atoms with Crippen molar-refractivity contribution in [2.75, 3.05) is 19.7 Å². The number of ether oxygens (including phenoxy) is 3. The van der Waals surface area contributed by atoms with Crippen LogP contribution in [0.1, 0.15) is 20.8 Å². The molecule has 0 aliphatic carbocycles. The van der Waals surface area contributed by atoms with E-state index in [2.05, 4.69) is 15.3 Å². The van der Waals surface area contributed by atoms with Gasteiger partial charge in [0.2, 0.25) is 11.8 Å². The van der Waals surface area contributed by atoms with Gasteiger partial charge in [0, 0.05) is 13.1 Å². The lowest BCUT2D eigenvalue weighted by molar-refractivity contribution is -0.0477. The quantitative estimate of drug-likeness (QED) is 0.859. The second-order valence-electron chi connectivity index (χ2n) is 4.90. The number of rotatable bonds is 5. The Bertz CT molecular complexity index is 400. The van der Waals surface area contributed by atoms with Gasteiger partial charge in [-0.05, 0) is 20.8 Å². The van der Waals surface area contributed by atoms with Gasteiger partial charge >= 0.3 is 0 Å². The minimum Gasteiger partial charge on any atom is -0.475 e. The Kier molecular flexibility index (Phi) is 4.93. The van der Waals surface area contributed by atoms with Gasteiger partial charge in [-0.15, -0.1) is 0 Å². The lowest BCUT2D eigenvalue weighted by Crippen LogP contribution is -2.45. The number of hydrogen-bond acceptors (Lipinski definition) is 6. The van der Waals surface area contributed by atoms with Gasteiger partial charge in [-0.1, -0.05) is 0 Å². The highest BCUT2D eigenvalue weighted by molar-refractivity contribution is 5.18. The average molecular weight is 267 g/mol. The molecule has 1 aromatic rings. The van der Waals surface area contributed by atoms with Crippen LogP contribution in [0.15, 0.2) is 12.4 Å². The summed E-state index contributed by atoms with van der Waals surface area (Å²) >= 11 is 0. The van der Waals surface area contributed by atoms with Gasteiger partial charge in [0.15, 0.2) is 0 Å². The topological polar surface area (TPSA) is 65.5 Å². The molecule has 0 amide bonds. The van der Waals surface area contributed by atoms with Gasteiger partial charge in [0.05, 0.1) is 18.3 Å². The van der Waals surface area contributed by atoms with E-state index < -0.39 is 0 Å². The molecule has 1 aliphatic rings. The van der Waals surface area contributed by atoms with E-state index in [1.54, 1.807) is 6.07 Å². The van der Waals surface area contributed by atoms with E-state index in [4.69, 9.17) is 14.2 Å². The first-order chi connectivity index (χ1) is 9.13. The summed E-state index contributed by atoms with van der Waals surface area (Å²) in [7, 11) is 0. The largest absolute Gasteiger partial charge is 0.475 e. The highest BCUT2D eigenvalue weighted by Crippen LogP contribution is 2.15. The maximum absolute atomic E-state index is 5.74. The average Bonchev–Trinajstić information content (AvgIpc) is 2.36. The Morgan fingerprint density at radius 1 is 1.37 bits per heavy atom. The molecular weight excluding hydrogens is 246 g/mol. The molecular formula is C13H21N3O3. The van der Waals surface area contributed by atoms with Gasteiger partial charge in [-0.25, -0.2) is 9.97 Å². The van der Waals surface area contributed by atoms with Crippen molar-refractivity contribution < 1.29 is 14.2 Å². The summed E-state index contributed by atoms with van der Waals surface area (Å²) in [5, 5.41) is 3.30. The smallest absolute Gasteiger partial charge is 0.220 e. The summed E-state index contributed by atoms with van der Waals surface area (Å²) in [5.74, 6) is 1.03. The molecule has 0 spiro atoms. The van der Waals surface area contributed by atoms with Gasteiger partial charge in [0.25, 0.3) is 0 Å². The zero-order chi connectivity index (χ0) is 13.7. The van der Waals surface area contributed by atoms with Crippen LogP contribution < -0.4 is 14.8 Å². The van der Waals surface area contributed by atoms with Crippen molar-refractivity contribution in [2.45, 2.75) is 39.1 Å². The number of morpholine rings is 1. The Morgan fingerprint density at radius 3 is 2.89 bits per heavy atom. The van der Waals surface area contributed by atoms with Crippen molar-refractivity contribution in [2.24, 2.45) is 0 Å². The fraction of sp³-hybridized carbons (Fsp3) is 0.692. The molecule has 1 aliphatic heterocycles. The van der Waals surface area contributed by atoms with Crippen LogP contribution >= 0.6 is 0 Å². The number of nitrogens with zero attached hydrogens (tertiary/aromatic N) is 2. The minimum atomic E-state index is 0.0492. The van der Waals surface area contributed by atoms with E-state index >= 15 is 0 Å². The first-order valence-corrected chi connectivity index (χ1v) is 6.61. The molecule has 6 heteroatoms. The summed E-state index contributed by atoms with van der Waals surface area (Å²) < 4.78 is 16.8. The molecule has 1 N–H and O–H groups in total. The summed E-state index contributed by atoms with van der Waals surface area (Å²) in [5.41, 5.74) is 0. The third kappa shape index (κ3) is 4.65. The fourth-order valence-corrected chi connectivity index (χ4v) is 1.86. The second kappa shape index (κ2) is 6.68. The van der Waals surface area contributed by atoms with Crippen molar-refractivity contribution in [3.8, 4) is 11.8 Å². The molecule has 1 aromatic heterocycles. The number of hydrogen-bond donors (Lipinski definition) is 1. The van der Waals surface area contributed by atoms with E-state index in [1.807, 2.05) is 20.8 Å². The summed E-state index contributed by atoms with van der Waals surface area (Å²) in [6.45, 7) is 8.09. The molecule has 0 aromatic carbocycles. The Labute approximate surface area is 113 Å². The zero-order valence-corrected chi connectivity index (χ0v) is 11.6. The van der Waals surface area contributed by atoms with Gasteiger partial charge < -0.3 is 19.5 Å². The predicted molar refractivity (Wildman–Crippen MR) is 70.5 cm³/mol. The molecule has 0 bridgehead atoms. The van der Waals surface area contributed by atoms with Crippen LogP contribution in [0.3, 0.4) is 0 Å². The summed E-state index contributed by atoms with van der Waals surface area (Å²) in [6, 6.07) is 1.69. The molecule has 1 saturated heterocycles. The molecule has 2 heterocycles. The van der Waals surface area contributed by atoms with Gasteiger partial charge in [0.1, 0.15) is 19.0 Å². The highest BCUT2D eigenvalue weighted by atomic mass is 16.5. The fourth-order valence-electron chi connectivity index (χ4n) is 1.86. The van der Waals surface area contributed by atoms with E-state index in [0.29, 0.717) is 18.4 Å². The van der Waals surface area contributed by atoms with Crippen LogP contribution in [0.4, 0.5) is 0 Å². The minimum absolute atomic E-state index is 0.0492. The standard InChI is InChI=1S/C13H21N3O3/c1-9(2)18-13-4-12(15-8-16-13)17-7-11-6-14-5-10(3)19-11/h4,8-11,14H,5-7H2,1-3H3. The predicted octanol–water partition coefficient (Wildman–Crippen LogP) is 1.02. The normalized spacial score (nSPS) is 23.4. The van der Waals surface area contributed by atoms with E-state index in [9.17, 15) is 0 Å². The second-order valence-corrected chi connectivity index (χ2v) is 4.90. The van der Waals surface area contributed by atoms with Crippen molar-refractivity contribution in [1.29, 1.82) is 0 Å². The monoisotopic (exact) mass is 267 g/mol. The maximum atomic E-state index is 5.74. The summed E-state index contributed by atoms with van der Waals surface area (Å²) in [6.07, 6.45) is 1.78.